The van der Waals surface area contributed by atoms with Crippen LogP contribution in [0.4, 0.5) is 5.69 Å². The van der Waals surface area contributed by atoms with Gasteiger partial charge in [-0.25, -0.2) is 0 Å². The fourth-order valence-corrected chi connectivity index (χ4v) is 2.39. The quantitative estimate of drug-likeness (QED) is 0.863. The zero-order chi connectivity index (χ0) is 14.0. The van der Waals surface area contributed by atoms with Crippen LogP contribution >= 0.6 is 0 Å². The zero-order valence-electron chi connectivity index (χ0n) is 11.8. The van der Waals surface area contributed by atoms with Gasteiger partial charge in [-0.05, 0) is 43.9 Å². The molecule has 1 aliphatic rings. The molecule has 0 bridgehead atoms. The first-order valence-electron chi connectivity index (χ1n) is 6.82. The van der Waals surface area contributed by atoms with Crippen LogP contribution < -0.4 is 16.4 Å². The first-order valence-corrected chi connectivity index (χ1v) is 6.82. The largest absolute Gasteiger partial charge is 0.326 e. The summed E-state index contributed by atoms with van der Waals surface area (Å²) in [5.41, 5.74) is 14.8. The molecular formula is C15H23N3O. The van der Waals surface area contributed by atoms with Gasteiger partial charge < -0.3 is 16.4 Å². The molecule has 4 heteroatoms. The summed E-state index contributed by atoms with van der Waals surface area (Å²) in [6, 6.07) is 6.12. The summed E-state index contributed by atoms with van der Waals surface area (Å²) in [5.74, 6) is 0.192. The molecule has 0 fully saturated rings. The molecule has 0 aromatic heterocycles. The Balaban J connectivity index is 2.23. The van der Waals surface area contributed by atoms with E-state index >= 15 is 0 Å². The van der Waals surface area contributed by atoms with Crippen molar-refractivity contribution in [1.29, 1.82) is 0 Å². The van der Waals surface area contributed by atoms with Crippen molar-refractivity contribution < 1.29 is 4.79 Å². The van der Waals surface area contributed by atoms with Gasteiger partial charge in [0.25, 0.3) is 0 Å². The summed E-state index contributed by atoms with van der Waals surface area (Å²) in [4.78, 5) is 14.0. The van der Waals surface area contributed by atoms with Crippen molar-refractivity contribution in [3.63, 3.8) is 0 Å². The first-order chi connectivity index (χ1) is 8.90. The number of anilines is 1. The van der Waals surface area contributed by atoms with E-state index in [9.17, 15) is 4.79 Å². The van der Waals surface area contributed by atoms with Gasteiger partial charge in [0.15, 0.2) is 0 Å². The molecule has 1 heterocycles. The van der Waals surface area contributed by atoms with Crippen LogP contribution in [0.2, 0.25) is 0 Å². The van der Waals surface area contributed by atoms with Crippen molar-refractivity contribution in [2.45, 2.75) is 45.2 Å². The van der Waals surface area contributed by atoms with E-state index in [0.29, 0.717) is 19.5 Å². The maximum absolute atomic E-state index is 12.1. The maximum atomic E-state index is 12.1. The topological polar surface area (TPSA) is 72.3 Å². The van der Waals surface area contributed by atoms with Gasteiger partial charge in [-0.2, -0.15) is 0 Å². The summed E-state index contributed by atoms with van der Waals surface area (Å²) < 4.78 is 0. The Labute approximate surface area is 114 Å². The normalized spacial score (nSPS) is 15.6. The molecule has 0 aliphatic carbocycles. The van der Waals surface area contributed by atoms with E-state index in [4.69, 9.17) is 11.5 Å². The van der Waals surface area contributed by atoms with Crippen LogP contribution in [0, 0.1) is 0 Å². The molecule has 0 atom stereocenters. The summed E-state index contributed by atoms with van der Waals surface area (Å²) in [5, 5.41) is 0. The predicted octanol–water partition coefficient (Wildman–Crippen LogP) is 1.55. The molecule has 2 rings (SSSR count). The summed E-state index contributed by atoms with van der Waals surface area (Å²) >= 11 is 0. The van der Waals surface area contributed by atoms with Crippen LogP contribution in [0.25, 0.3) is 0 Å². The summed E-state index contributed by atoms with van der Waals surface area (Å²) in [6.07, 6.45) is 2.17. The molecule has 19 heavy (non-hydrogen) atoms. The van der Waals surface area contributed by atoms with Gasteiger partial charge in [-0.15, -0.1) is 0 Å². The van der Waals surface area contributed by atoms with E-state index in [1.165, 1.54) is 5.56 Å². The summed E-state index contributed by atoms with van der Waals surface area (Å²) in [6.45, 7) is 5.19. The van der Waals surface area contributed by atoms with Crippen molar-refractivity contribution in [3.05, 3.63) is 29.3 Å². The number of carbonyl (C=O) groups excluding carboxylic acids is 1. The molecule has 1 aromatic carbocycles. The second-order valence-corrected chi connectivity index (χ2v) is 5.95. The number of nitrogens with zero attached hydrogens (tertiary/aromatic N) is 1. The second-order valence-electron chi connectivity index (χ2n) is 5.95. The van der Waals surface area contributed by atoms with E-state index < -0.39 is 0 Å². The van der Waals surface area contributed by atoms with Crippen LogP contribution in [-0.4, -0.2) is 18.0 Å². The number of benzene rings is 1. The third-order valence-electron chi connectivity index (χ3n) is 3.56. The smallest absolute Gasteiger partial charge is 0.227 e. The number of amides is 1. The van der Waals surface area contributed by atoms with E-state index in [1.54, 1.807) is 0 Å². The van der Waals surface area contributed by atoms with E-state index in [0.717, 1.165) is 24.1 Å². The SMILES string of the molecule is CC(C)(N)CCN1C(=O)CCc2cc(CN)ccc21. The lowest BCUT2D eigenvalue weighted by Gasteiger charge is -2.32. The molecule has 0 saturated carbocycles. The highest BCUT2D eigenvalue weighted by Gasteiger charge is 2.25. The van der Waals surface area contributed by atoms with Gasteiger partial charge in [0.2, 0.25) is 5.91 Å². The molecule has 1 amide bonds. The Morgan fingerprint density at radius 3 is 2.68 bits per heavy atom. The van der Waals surface area contributed by atoms with Crippen LogP contribution in [0.1, 0.15) is 37.8 Å². The molecule has 0 saturated heterocycles. The van der Waals surface area contributed by atoms with Gasteiger partial charge in [-0.1, -0.05) is 12.1 Å². The lowest BCUT2D eigenvalue weighted by atomic mass is 9.96. The van der Waals surface area contributed by atoms with Crippen molar-refractivity contribution >= 4 is 11.6 Å². The highest BCUT2D eigenvalue weighted by Crippen LogP contribution is 2.29. The molecule has 0 unspecified atom stereocenters. The number of carbonyl (C=O) groups is 1. The summed E-state index contributed by atoms with van der Waals surface area (Å²) in [7, 11) is 0. The Morgan fingerprint density at radius 1 is 1.32 bits per heavy atom. The van der Waals surface area contributed by atoms with Gasteiger partial charge >= 0.3 is 0 Å². The fourth-order valence-electron chi connectivity index (χ4n) is 2.39. The van der Waals surface area contributed by atoms with Gasteiger partial charge in [0, 0.05) is 30.7 Å². The third-order valence-corrected chi connectivity index (χ3v) is 3.56. The molecule has 0 spiro atoms. The van der Waals surface area contributed by atoms with Crippen molar-refractivity contribution in [3.8, 4) is 0 Å². The molecule has 4 nitrogen and oxygen atoms in total. The zero-order valence-corrected chi connectivity index (χ0v) is 11.8. The van der Waals surface area contributed by atoms with Crippen LogP contribution in [0.5, 0.6) is 0 Å². The number of nitrogens with two attached hydrogens (primary N) is 2. The van der Waals surface area contributed by atoms with Crippen molar-refractivity contribution in [2.75, 3.05) is 11.4 Å². The van der Waals surface area contributed by atoms with E-state index in [-0.39, 0.29) is 11.4 Å². The minimum absolute atomic E-state index is 0.192. The Kier molecular flexibility index (Phi) is 3.92. The lowest BCUT2D eigenvalue weighted by molar-refractivity contribution is -0.118. The van der Waals surface area contributed by atoms with Crippen LogP contribution in [0.3, 0.4) is 0 Å². The number of fused-ring (bicyclic) bond motifs is 1. The molecule has 104 valence electrons. The Hall–Kier alpha value is -1.39. The number of hydrogen-bond acceptors (Lipinski definition) is 3. The first kappa shape index (κ1) is 14.0. The average Bonchev–Trinajstić information content (AvgIpc) is 2.36. The predicted molar refractivity (Wildman–Crippen MR) is 77.9 cm³/mol. The van der Waals surface area contributed by atoms with Crippen LogP contribution in [-0.2, 0) is 17.8 Å². The second kappa shape index (κ2) is 5.31. The number of hydrogen-bond donors (Lipinski definition) is 2. The van der Waals surface area contributed by atoms with E-state index in [1.807, 2.05) is 30.9 Å². The maximum Gasteiger partial charge on any atom is 0.227 e. The lowest BCUT2D eigenvalue weighted by Crippen LogP contribution is -2.41. The fraction of sp³-hybridized carbons (Fsp3) is 0.533. The van der Waals surface area contributed by atoms with Crippen molar-refractivity contribution in [1.82, 2.24) is 0 Å². The molecule has 4 N–H and O–H groups in total. The Bertz CT molecular complexity index is 477. The molecule has 1 aliphatic heterocycles. The number of aryl methyl sites for hydroxylation is 1. The monoisotopic (exact) mass is 261 g/mol. The van der Waals surface area contributed by atoms with Crippen LogP contribution in [0.15, 0.2) is 18.2 Å². The minimum Gasteiger partial charge on any atom is -0.326 e. The standard InChI is InChI=1S/C15H23N3O/c1-15(2,17)7-8-18-13-5-3-11(10-16)9-12(13)4-6-14(18)19/h3,5,9H,4,6-8,10,16-17H2,1-2H3. The van der Waals surface area contributed by atoms with Gasteiger partial charge in [0.1, 0.15) is 0 Å². The highest BCUT2D eigenvalue weighted by atomic mass is 16.2. The number of rotatable bonds is 4. The molecular weight excluding hydrogens is 238 g/mol. The van der Waals surface area contributed by atoms with E-state index in [2.05, 4.69) is 6.07 Å². The van der Waals surface area contributed by atoms with Gasteiger partial charge in [-0.3, -0.25) is 4.79 Å². The van der Waals surface area contributed by atoms with Gasteiger partial charge in [0.05, 0.1) is 0 Å². The van der Waals surface area contributed by atoms with Crippen molar-refractivity contribution in [2.24, 2.45) is 11.5 Å². The Morgan fingerprint density at radius 2 is 2.05 bits per heavy atom. The minimum atomic E-state index is -0.255. The average molecular weight is 261 g/mol. The third kappa shape index (κ3) is 3.33. The molecule has 0 radical (unpaired) electrons. The molecule has 1 aromatic rings. The highest BCUT2D eigenvalue weighted by molar-refractivity contribution is 5.96.